The lowest BCUT2D eigenvalue weighted by molar-refractivity contribution is -0.116. The maximum absolute atomic E-state index is 12.2. The lowest BCUT2D eigenvalue weighted by Crippen LogP contribution is -2.26. The SMILES string of the molecule is Cc1cnn(CCC(=O)Nc2ccccc2OCC2CCCCO2)c1. The largest absolute Gasteiger partial charge is 0.489 e. The fourth-order valence-corrected chi connectivity index (χ4v) is 2.84. The zero-order valence-electron chi connectivity index (χ0n) is 14.6. The van der Waals surface area contributed by atoms with Crippen molar-refractivity contribution in [2.24, 2.45) is 0 Å². The first kappa shape index (κ1) is 17.5. The van der Waals surface area contributed by atoms with Crippen LogP contribution in [0.5, 0.6) is 5.75 Å². The Morgan fingerprint density at radius 1 is 1.40 bits per heavy atom. The van der Waals surface area contributed by atoms with Gasteiger partial charge < -0.3 is 14.8 Å². The van der Waals surface area contributed by atoms with E-state index in [4.69, 9.17) is 9.47 Å². The van der Waals surface area contributed by atoms with Gasteiger partial charge in [0.15, 0.2) is 0 Å². The van der Waals surface area contributed by atoms with Crippen LogP contribution in [-0.4, -0.2) is 35.0 Å². The fourth-order valence-electron chi connectivity index (χ4n) is 2.84. The summed E-state index contributed by atoms with van der Waals surface area (Å²) in [7, 11) is 0. The summed E-state index contributed by atoms with van der Waals surface area (Å²) in [6, 6.07) is 7.51. The lowest BCUT2D eigenvalue weighted by Gasteiger charge is -2.23. The molecule has 1 amide bonds. The number of aryl methyl sites for hydroxylation is 2. The van der Waals surface area contributed by atoms with Crippen molar-refractivity contribution >= 4 is 11.6 Å². The number of carbonyl (C=O) groups excluding carboxylic acids is 1. The molecule has 3 rings (SSSR count). The molecule has 1 fully saturated rings. The summed E-state index contributed by atoms with van der Waals surface area (Å²) in [6.07, 6.45) is 7.54. The highest BCUT2D eigenvalue weighted by Crippen LogP contribution is 2.25. The molecule has 0 aliphatic carbocycles. The first-order valence-electron chi connectivity index (χ1n) is 8.83. The summed E-state index contributed by atoms with van der Waals surface area (Å²) < 4.78 is 13.3. The smallest absolute Gasteiger partial charge is 0.226 e. The topological polar surface area (TPSA) is 65.4 Å². The summed E-state index contributed by atoms with van der Waals surface area (Å²) in [5.41, 5.74) is 1.78. The van der Waals surface area contributed by atoms with Crippen molar-refractivity contribution < 1.29 is 14.3 Å². The van der Waals surface area contributed by atoms with Crippen LogP contribution in [0, 0.1) is 6.92 Å². The van der Waals surface area contributed by atoms with E-state index in [0.717, 1.165) is 25.0 Å². The maximum atomic E-state index is 12.2. The van der Waals surface area contributed by atoms with Crippen LogP contribution in [-0.2, 0) is 16.1 Å². The molecule has 1 aromatic carbocycles. The fraction of sp³-hybridized carbons (Fsp3) is 0.474. The Kier molecular flexibility index (Phi) is 6.06. The van der Waals surface area contributed by atoms with Gasteiger partial charge in [0.1, 0.15) is 12.4 Å². The Balaban J connectivity index is 1.51. The molecule has 1 saturated heterocycles. The number of carbonyl (C=O) groups is 1. The molecule has 6 nitrogen and oxygen atoms in total. The van der Waals surface area contributed by atoms with Gasteiger partial charge in [-0.05, 0) is 43.9 Å². The van der Waals surface area contributed by atoms with E-state index in [1.54, 1.807) is 10.9 Å². The van der Waals surface area contributed by atoms with Crippen molar-refractivity contribution in [3.63, 3.8) is 0 Å². The van der Waals surface area contributed by atoms with E-state index in [1.807, 2.05) is 37.4 Å². The monoisotopic (exact) mass is 343 g/mol. The quantitative estimate of drug-likeness (QED) is 0.839. The summed E-state index contributed by atoms with van der Waals surface area (Å²) in [4.78, 5) is 12.2. The highest BCUT2D eigenvalue weighted by Gasteiger charge is 2.15. The van der Waals surface area contributed by atoms with Crippen LogP contribution in [0.15, 0.2) is 36.7 Å². The number of aromatic nitrogens is 2. The first-order chi connectivity index (χ1) is 12.2. The molecule has 1 aromatic heterocycles. The molecular formula is C19H25N3O3. The van der Waals surface area contributed by atoms with Gasteiger partial charge >= 0.3 is 0 Å². The predicted octanol–water partition coefficient (Wildman–Crippen LogP) is 3.17. The number of anilines is 1. The second-order valence-electron chi connectivity index (χ2n) is 6.37. The molecule has 0 spiro atoms. The van der Waals surface area contributed by atoms with E-state index >= 15 is 0 Å². The third-order valence-electron chi connectivity index (χ3n) is 4.19. The van der Waals surface area contributed by atoms with Gasteiger partial charge in [-0.2, -0.15) is 5.10 Å². The summed E-state index contributed by atoms with van der Waals surface area (Å²) in [5.74, 6) is 0.623. The molecule has 1 atom stereocenters. The van der Waals surface area contributed by atoms with Crippen molar-refractivity contribution in [3.8, 4) is 5.75 Å². The molecule has 1 aliphatic heterocycles. The Labute approximate surface area is 148 Å². The number of hydrogen-bond acceptors (Lipinski definition) is 4. The van der Waals surface area contributed by atoms with E-state index in [0.29, 0.717) is 31.0 Å². The molecule has 2 heterocycles. The minimum atomic E-state index is -0.0573. The van der Waals surface area contributed by atoms with Crippen molar-refractivity contribution in [1.82, 2.24) is 9.78 Å². The number of hydrogen-bond donors (Lipinski definition) is 1. The van der Waals surface area contributed by atoms with Gasteiger partial charge in [0.2, 0.25) is 5.91 Å². The predicted molar refractivity (Wildman–Crippen MR) is 95.7 cm³/mol. The van der Waals surface area contributed by atoms with E-state index in [1.165, 1.54) is 6.42 Å². The molecule has 2 aromatic rings. The number of amides is 1. The van der Waals surface area contributed by atoms with Crippen LogP contribution in [0.25, 0.3) is 0 Å². The molecule has 134 valence electrons. The van der Waals surface area contributed by atoms with Crippen LogP contribution in [0.4, 0.5) is 5.69 Å². The average Bonchev–Trinajstić information content (AvgIpc) is 3.05. The van der Waals surface area contributed by atoms with Crippen molar-refractivity contribution in [2.75, 3.05) is 18.5 Å². The molecular weight excluding hydrogens is 318 g/mol. The summed E-state index contributed by atoms with van der Waals surface area (Å²) in [6.45, 7) is 3.85. The Morgan fingerprint density at radius 2 is 2.28 bits per heavy atom. The van der Waals surface area contributed by atoms with Crippen molar-refractivity contribution in [1.29, 1.82) is 0 Å². The van der Waals surface area contributed by atoms with Gasteiger partial charge in [-0.15, -0.1) is 0 Å². The highest BCUT2D eigenvalue weighted by molar-refractivity contribution is 5.92. The molecule has 0 saturated carbocycles. The van der Waals surface area contributed by atoms with Crippen LogP contribution in [0.1, 0.15) is 31.2 Å². The van der Waals surface area contributed by atoms with Gasteiger partial charge in [0.25, 0.3) is 0 Å². The second-order valence-corrected chi connectivity index (χ2v) is 6.37. The molecule has 1 aliphatic rings. The molecule has 0 bridgehead atoms. The van der Waals surface area contributed by atoms with Gasteiger partial charge in [-0.3, -0.25) is 9.48 Å². The van der Waals surface area contributed by atoms with E-state index in [9.17, 15) is 4.79 Å². The van der Waals surface area contributed by atoms with Gasteiger partial charge in [0.05, 0.1) is 18.0 Å². The lowest BCUT2D eigenvalue weighted by atomic mass is 10.1. The van der Waals surface area contributed by atoms with E-state index in [2.05, 4.69) is 10.4 Å². The number of nitrogens with one attached hydrogen (secondary N) is 1. The zero-order chi connectivity index (χ0) is 17.5. The van der Waals surface area contributed by atoms with Crippen LogP contribution >= 0.6 is 0 Å². The maximum Gasteiger partial charge on any atom is 0.226 e. The molecule has 1 unspecified atom stereocenters. The normalized spacial score (nSPS) is 17.2. The van der Waals surface area contributed by atoms with Gasteiger partial charge in [-0.25, -0.2) is 0 Å². The highest BCUT2D eigenvalue weighted by atomic mass is 16.5. The number of para-hydroxylation sites is 2. The average molecular weight is 343 g/mol. The Hall–Kier alpha value is -2.34. The molecule has 6 heteroatoms. The van der Waals surface area contributed by atoms with Crippen molar-refractivity contribution in [2.45, 2.75) is 45.3 Å². The van der Waals surface area contributed by atoms with Crippen LogP contribution < -0.4 is 10.1 Å². The zero-order valence-corrected chi connectivity index (χ0v) is 14.6. The second kappa shape index (κ2) is 8.67. The third-order valence-corrected chi connectivity index (χ3v) is 4.19. The van der Waals surface area contributed by atoms with E-state index < -0.39 is 0 Å². The molecule has 0 radical (unpaired) electrons. The number of nitrogens with zero attached hydrogens (tertiary/aromatic N) is 2. The molecule has 1 N–H and O–H groups in total. The minimum absolute atomic E-state index is 0.0573. The van der Waals surface area contributed by atoms with Gasteiger partial charge in [0, 0.05) is 25.8 Å². The third kappa shape index (κ3) is 5.32. The Bertz CT molecular complexity index is 693. The summed E-state index contributed by atoms with van der Waals surface area (Å²) in [5, 5.41) is 7.12. The Morgan fingerprint density at radius 3 is 3.04 bits per heavy atom. The van der Waals surface area contributed by atoms with E-state index in [-0.39, 0.29) is 12.0 Å². The van der Waals surface area contributed by atoms with Crippen molar-refractivity contribution in [3.05, 3.63) is 42.2 Å². The standard InChI is InChI=1S/C19H25N3O3/c1-15-12-20-22(13-15)10-9-19(23)21-17-7-2-3-8-18(17)25-14-16-6-4-5-11-24-16/h2-3,7-8,12-13,16H,4-6,9-11,14H2,1H3,(H,21,23). The first-order valence-corrected chi connectivity index (χ1v) is 8.83. The molecule has 25 heavy (non-hydrogen) atoms. The number of benzene rings is 1. The number of rotatable bonds is 7. The van der Waals surface area contributed by atoms with Crippen LogP contribution in [0.3, 0.4) is 0 Å². The van der Waals surface area contributed by atoms with Gasteiger partial charge in [-0.1, -0.05) is 12.1 Å². The minimum Gasteiger partial charge on any atom is -0.489 e. The van der Waals surface area contributed by atoms with Crippen LogP contribution in [0.2, 0.25) is 0 Å². The number of ether oxygens (including phenoxy) is 2. The summed E-state index contributed by atoms with van der Waals surface area (Å²) >= 11 is 0.